The minimum atomic E-state index is 0.829. The van der Waals surface area contributed by atoms with Crippen LogP contribution in [-0.2, 0) is 0 Å². The normalized spacial score (nSPS) is 10.3. The summed E-state index contributed by atoms with van der Waals surface area (Å²) in [5, 5.41) is 0. The number of benzene rings is 1. The van der Waals surface area contributed by atoms with Gasteiger partial charge in [0.05, 0.1) is 6.61 Å². The molecule has 1 aromatic rings. The van der Waals surface area contributed by atoms with Crippen LogP contribution in [0.5, 0.6) is 5.75 Å². The Morgan fingerprint density at radius 1 is 1.00 bits per heavy atom. The average molecular weight is 224 g/mol. The summed E-state index contributed by atoms with van der Waals surface area (Å²) in [6, 6.07) is 7.84. The summed E-state index contributed by atoms with van der Waals surface area (Å²) in [4.78, 5) is 0.977. The van der Waals surface area contributed by atoms with E-state index in [9.17, 15) is 0 Å². The van der Waals surface area contributed by atoms with Crippen LogP contribution >= 0.6 is 12.6 Å². The molecule has 0 aromatic heterocycles. The summed E-state index contributed by atoms with van der Waals surface area (Å²) in [5.41, 5.74) is 0. The summed E-state index contributed by atoms with van der Waals surface area (Å²) >= 11 is 4.22. The minimum Gasteiger partial charge on any atom is -0.494 e. The molecule has 0 saturated carbocycles. The van der Waals surface area contributed by atoms with Crippen molar-refractivity contribution in [3.05, 3.63) is 24.3 Å². The second kappa shape index (κ2) is 7.63. The number of hydrogen-bond donors (Lipinski definition) is 1. The smallest absolute Gasteiger partial charge is 0.119 e. The lowest BCUT2D eigenvalue weighted by molar-refractivity contribution is 0.304. The second-order valence-corrected chi connectivity index (χ2v) is 4.27. The largest absolute Gasteiger partial charge is 0.494 e. The van der Waals surface area contributed by atoms with Gasteiger partial charge in [0.25, 0.3) is 0 Å². The van der Waals surface area contributed by atoms with E-state index >= 15 is 0 Å². The highest BCUT2D eigenvalue weighted by atomic mass is 32.1. The summed E-state index contributed by atoms with van der Waals surface area (Å²) < 4.78 is 5.61. The lowest BCUT2D eigenvalue weighted by Crippen LogP contribution is -1.96. The summed E-state index contributed by atoms with van der Waals surface area (Å²) in [7, 11) is 0. The minimum absolute atomic E-state index is 0.829. The van der Waals surface area contributed by atoms with Crippen molar-refractivity contribution in [2.45, 2.75) is 43.9 Å². The van der Waals surface area contributed by atoms with Gasteiger partial charge in [0.1, 0.15) is 5.75 Å². The Labute approximate surface area is 98.3 Å². The molecule has 0 spiro atoms. The van der Waals surface area contributed by atoms with Gasteiger partial charge in [-0.1, -0.05) is 32.6 Å². The first kappa shape index (κ1) is 12.4. The van der Waals surface area contributed by atoms with Gasteiger partial charge in [-0.05, 0) is 30.7 Å². The summed E-state index contributed by atoms with van der Waals surface area (Å²) in [5.74, 6) is 0.947. The van der Waals surface area contributed by atoms with Gasteiger partial charge in [0, 0.05) is 4.90 Å². The van der Waals surface area contributed by atoms with Crippen molar-refractivity contribution in [2.24, 2.45) is 0 Å². The Kier molecular flexibility index (Phi) is 6.33. The highest BCUT2D eigenvalue weighted by Crippen LogP contribution is 2.14. The molecule has 0 saturated heterocycles. The fourth-order valence-corrected chi connectivity index (χ4v) is 1.59. The second-order valence-electron chi connectivity index (χ2n) is 3.76. The molecule has 0 aliphatic heterocycles. The zero-order valence-electron chi connectivity index (χ0n) is 9.41. The maximum atomic E-state index is 5.61. The Morgan fingerprint density at radius 3 is 2.33 bits per heavy atom. The molecule has 0 unspecified atom stereocenters. The molecule has 1 nitrogen and oxygen atoms in total. The van der Waals surface area contributed by atoms with Crippen molar-refractivity contribution in [1.82, 2.24) is 0 Å². The predicted molar refractivity (Wildman–Crippen MR) is 67.9 cm³/mol. The summed E-state index contributed by atoms with van der Waals surface area (Å²) in [6.07, 6.45) is 6.40. The van der Waals surface area contributed by atoms with Crippen LogP contribution in [0.25, 0.3) is 0 Å². The van der Waals surface area contributed by atoms with E-state index in [-0.39, 0.29) is 0 Å². The van der Waals surface area contributed by atoms with Crippen LogP contribution in [0.1, 0.15) is 39.0 Å². The monoisotopic (exact) mass is 224 g/mol. The number of rotatable bonds is 7. The van der Waals surface area contributed by atoms with Gasteiger partial charge >= 0.3 is 0 Å². The Hall–Kier alpha value is -0.630. The van der Waals surface area contributed by atoms with E-state index in [1.807, 2.05) is 24.3 Å². The molecule has 0 heterocycles. The van der Waals surface area contributed by atoms with Crippen LogP contribution < -0.4 is 4.74 Å². The first-order chi connectivity index (χ1) is 7.33. The molecule has 0 bridgehead atoms. The van der Waals surface area contributed by atoms with Crippen molar-refractivity contribution in [2.75, 3.05) is 6.61 Å². The molecule has 84 valence electrons. The van der Waals surface area contributed by atoms with Crippen LogP contribution in [-0.4, -0.2) is 6.61 Å². The standard InChI is InChI=1S/C13H20OS/c1-2-3-4-5-6-11-14-12-7-9-13(15)10-8-12/h7-10,15H,2-6,11H2,1H3. The fraction of sp³-hybridized carbons (Fsp3) is 0.538. The van der Waals surface area contributed by atoms with E-state index in [0.29, 0.717) is 0 Å². The highest BCUT2D eigenvalue weighted by molar-refractivity contribution is 7.80. The fourth-order valence-electron chi connectivity index (χ4n) is 1.44. The van der Waals surface area contributed by atoms with Crippen LogP contribution in [0, 0.1) is 0 Å². The SMILES string of the molecule is CCCCCCCOc1ccc(S)cc1. The van der Waals surface area contributed by atoms with E-state index < -0.39 is 0 Å². The van der Waals surface area contributed by atoms with Gasteiger partial charge < -0.3 is 4.74 Å². The van der Waals surface area contributed by atoms with Crippen molar-refractivity contribution in [3.63, 3.8) is 0 Å². The third-order valence-corrected chi connectivity index (χ3v) is 2.65. The molecule has 0 radical (unpaired) electrons. The zero-order chi connectivity index (χ0) is 10.9. The van der Waals surface area contributed by atoms with Crippen molar-refractivity contribution in [3.8, 4) is 5.75 Å². The summed E-state index contributed by atoms with van der Waals surface area (Å²) in [6.45, 7) is 3.06. The van der Waals surface area contributed by atoms with Gasteiger partial charge in [-0.15, -0.1) is 12.6 Å². The zero-order valence-corrected chi connectivity index (χ0v) is 10.3. The van der Waals surface area contributed by atoms with E-state index in [4.69, 9.17) is 4.74 Å². The molecule has 0 N–H and O–H groups in total. The molecule has 0 fully saturated rings. The Balaban J connectivity index is 2.07. The highest BCUT2D eigenvalue weighted by Gasteiger charge is 1.93. The molecule has 1 aromatic carbocycles. The van der Waals surface area contributed by atoms with E-state index in [1.54, 1.807) is 0 Å². The third-order valence-electron chi connectivity index (χ3n) is 2.35. The van der Waals surface area contributed by atoms with Gasteiger partial charge in [-0.3, -0.25) is 0 Å². The first-order valence-electron chi connectivity index (χ1n) is 5.74. The number of hydrogen-bond acceptors (Lipinski definition) is 2. The topological polar surface area (TPSA) is 9.23 Å². The molecule has 0 aliphatic carbocycles. The van der Waals surface area contributed by atoms with Crippen LogP contribution in [0.4, 0.5) is 0 Å². The van der Waals surface area contributed by atoms with Gasteiger partial charge in [0.15, 0.2) is 0 Å². The lowest BCUT2D eigenvalue weighted by Gasteiger charge is -2.05. The molecule has 0 amide bonds. The molecule has 15 heavy (non-hydrogen) atoms. The molecular formula is C13H20OS. The molecule has 1 rings (SSSR count). The van der Waals surface area contributed by atoms with E-state index in [2.05, 4.69) is 19.6 Å². The number of unbranched alkanes of at least 4 members (excludes halogenated alkanes) is 4. The third kappa shape index (κ3) is 5.73. The molecule has 0 aliphatic rings. The van der Waals surface area contributed by atoms with Gasteiger partial charge in [0.2, 0.25) is 0 Å². The van der Waals surface area contributed by atoms with Gasteiger partial charge in [-0.2, -0.15) is 0 Å². The van der Waals surface area contributed by atoms with E-state index in [0.717, 1.165) is 23.7 Å². The maximum Gasteiger partial charge on any atom is 0.119 e. The molecule has 0 atom stereocenters. The van der Waals surface area contributed by atoms with Crippen LogP contribution in [0.2, 0.25) is 0 Å². The van der Waals surface area contributed by atoms with Crippen LogP contribution in [0.15, 0.2) is 29.2 Å². The number of ether oxygens (including phenoxy) is 1. The van der Waals surface area contributed by atoms with Crippen molar-refractivity contribution >= 4 is 12.6 Å². The average Bonchev–Trinajstić information content (AvgIpc) is 2.26. The van der Waals surface area contributed by atoms with Crippen molar-refractivity contribution in [1.29, 1.82) is 0 Å². The number of thiol groups is 1. The van der Waals surface area contributed by atoms with Gasteiger partial charge in [-0.25, -0.2) is 0 Å². The quantitative estimate of drug-likeness (QED) is 0.536. The molecule has 2 heteroatoms. The molecular weight excluding hydrogens is 204 g/mol. The Bertz CT molecular complexity index is 256. The van der Waals surface area contributed by atoms with E-state index in [1.165, 1.54) is 25.7 Å². The van der Waals surface area contributed by atoms with Crippen LogP contribution in [0.3, 0.4) is 0 Å². The Morgan fingerprint density at radius 2 is 1.67 bits per heavy atom. The maximum absolute atomic E-state index is 5.61. The predicted octanol–water partition coefficient (Wildman–Crippen LogP) is 4.32. The first-order valence-corrected chi connectivity index (χ1v) is 6.19. The lowest BCUT2D eigenvalue weighted by atomic mass is 10.2. The van der Waals surface area contributed by atoms with Crippen molar-refractivity contribution < 1.29 is 4.74 Å².